The minimum absolute atomic E-state index is 0.0301. The van der Waals surface area contributed by atoms with Crippen molar-refractivity contribution in [1.82, 2.24) is 4.90 Å². The third-order valence-corrected chi connectivity index (χ3v) is 3.37. The number of benzene rings is 1. The Morgan fingerprint density at radius 1 is 1.09 bits per heavy atom. The number of imide groups is 1. The molecule has 7 nitrogen and oxygen atoms in total. The molecule has 0 saturated carbocycles. The zero-order chi connectivity index (χ0) is 17.2. The Labute approximate surface area is 134 Å². The molecule has 23 heavy (non-hydrogen) atoms. The second-order valence-corrected chi connectivity index (χ2v) is 5.07. The molecule has 0 bridgehead atoms. The fraction of sp³-hybridized carbons (Fsp3) is 0.438. The normalized spacial score (nSPS) is 11.7. The van der Waals surface area contributed by atoms with Crippen molar-refractivity contribution < 1.29 is 24.6 Å². The number of rotatable bonds is 9. The van der Waals surface area contributed by atoms with E-state index in [1.165, 1.54) is 12.1 Å². The Morgan fingerprint density at radius 3 is 2.26 bits per heavy atom. The van der Waals surface area contributed by atoms with Gasteiger partial charge in [-0.25, -0.2) is 4.79 Å². The van der Waals surface area contributed by atoms with Gasteiger partial charge in [0.25, 0.3) is 5.91 Å². The van der Waals surface area contributed by atoms with Crippen molar-refractivity contribution in [2.24, 2.45) is 5.73 Å². The van der Waals surface area contributed by atoms with Gasteiger partial charge >= 0.3 is 5.97 Å². The lowest BCUT2D eigenvalue weighted by Crippen LogP contribution is -2.50. The highest BCUT2D eigenvalue weighted by Crippen LogP contribution is 2.13. The number of carboxylic acids is 1. The predicted molar refractivity (Wildman–Crippen MR) is 83.7 cm³/mol. The minimum atomic E-state index is -1.59. The van der Waals surface area contributed by atoms with E-state index in [0.29, 0.717) is 24.3 Å². The Bertz CT molecular complexity index is 533. The van der Waals surface area contributed by atoms with Crippen LogP contribution < -0.4 is 5.73 Å². The molecule has 0 radical (unpaired) electrons. The number of nitrogens with zero attached hydrogens (tertiary/aromatic N) is 1. The highest BCUT2D eigenvalue weighted by atomic mass is 16.4. The molecule has 7 heteroatoms. The SMILES string of the molecule is NCCCCCC(=O)N(C(=O)c1ccccc1)C(CO)C(=O)O. The van der Waals surface area contributed by atoms with Gasteiger partial charge in [-0.1, -0.05) is 24.6 Å². The topological polar surface area (TPSA) is 121 Å². The van der Waals surface area contributed by atoms with E-state index < -0.39 is 30.4 Å². The van der Waals surface area contributed by atoms with Crippen LogP contribution in [0, 0.1) is 0 Å². The lowest BCUT2D eigenvalue weighted by atomic mass is 10.1. The largest absolute Gasteiger partial charge is 0.480 e. The minimum Gasteiger partial charge on any atom is -0.480 e. The van der Waals surface area contributed by atoms with Crippen LogP contribution in [0.5, 0.6) is 0 Å². The summed E-state index contributed by atoms with van der Waals surface area (Å²) in [6.45, 7) is -0.322. The summed E-state index contributed by atoms with van der Waals surface area (Å²) >= 11 is 0. The van der Waals surface area contributed by atoms with E-state index in [-0.39, 0.29) is 12.0 Å². The molecule has 0 spiro atoms. The summed E-state index contributed by atoms with van der Waals surface area (Å²) < 4.78 is 0. The maximum absolute atomic E-state index is 12.5. The third kappa shape index (κ3) is 5.46. The first-order valence-electron chi connectivity index (χ1n) is 7.48. The number of hydrogen-bond donors (Lipinski definition) is 3. The van der Waals surface area contributed by atoms with E-state index >= 15 is 0 Å². The van der Waals surface area contributed by atoms with Crippen molar-refractivity contribution in [1.29, 1.82) is 0 Å². The van der Waals surface area contributed by atoms with Gasteiger partial charge in [-0.15, -0.1) is 0 Å². The van der Waals surface area contributed by atoms with Gasteiger partial charge in [0, 0.05) is 12.0 Å². The van der Waals surface area contributed by atoms with Gasteiger partial charge in [-0.05, 0) is 31.5 Å². The second-order valence-electron chi connectivity index (χ2n) is 5.07. The number of hydrogen-bond acceptors (Lipinski definition) is 5. The van der Waals surface area contributed by atoms with Gasteiger partial charge in [0.15, 0.2) is 6.04 Å². The predicted octanol–water partition coefficient (Wildman–Crippen LogP) is 0.620. The van der Waals surface area contributed by atoms with E-state index in [1.54, 1.807) is 18.2 Å². The molecule has 0 saturated heterocycles. The van der Waals surface area contributed by atoms with Crippen molar-refractivity contribution in [3.63, 3.8) is 0 Å². The average Bonchev–Trinajstić information content (AvgIpc) is 2.56. The summed E-state index contributed by atoms with van der Waals surface area (Å²) in [6, 6.07) is 6.33. The summed E-state index contributed by atoms with van der Waals surface area (Å²) in [6.07, 6.45) is 2.00. The summed E-state index contributed by atoms with van der Waals surface area (Å²) in [5.41, 5.74) is 5.58. The molecule has 1 aromatic carbocycles. The quantitative estimate of drug-likeness (QED) is 0.573. The van der Waals surface area contributed by atoms with Gasteiger partial charge in [0.1, 0.15) is 0 Å². The van der Waals surface area contributed by atoms with Crippen molar-refractivity contribution in [3.05, 3.63) is 35.9 Å². The van der Waals surface area contributed by atoms with E-state index in [4.69, 9.17) is 5.73 Å². The molecular formula is C16H22N2O5. The maximum atomic E-state index is 12.5. The summed E-state index contributed by atoms with van der Waals surface area (Å²) in [5.74, 6) is -2.76. The number of carbonyl (C=O) groups excluding carboxylic acids is 2. The molecule has 1 aromatic rings. The van der Waals surface area contributed by atoms with Gasteiger partial charge in [-0.2, -0.15) is 0 Å². The lowest BCUT2D eigenvalue weighted by molar-refractivity contribution is -0.149. The van der Waals surface area contributed by atoms with Crippen LogP contribution in [0.2, 0.25) is 0 Å². The first kappa shape index (κ1) is 18.8. The number of nitrogens with two attached hydrogens (primary N) is 1. The van der Waals surface area contributed by atoms with E-state index in [0.717, 1.165) is 6.42 Å². The molecule has 0 aromatic heterocycles. The van der Waals surface area contributed by atoms with Gasteiger partial charge in [0.05, 0.1) is 6.61 Å². The van der Waals surface area contributed by atoms with Crippen molar-refractivity contribution in [2.45, 2.75) is 31.7 Å². The van der Waals surface area contributed by atoms with E-state index in [1.807, 2.05) is 0 Å². The third-order valence-electron chi connectivity index (χ3n) is 3.37. The van der Waals surface area contributed by atoms with Crippen molar-refractivity contribution >= 4 is 17.8 Å². The fourth-order valence-electron chi connectivity index (χ4n) is 2.14. The molecule has 1 rings (SSSR count). The molecule has 0 aliphatic rings. The fourth-order valence-corrected chi connectivity index (χ4v) is 2.14. The Balaban J connectivity index is 2.95. The average molecular weight is 322 g/mol. The monoisotopic (exact) mass is 322 g/mol. The maximum Gasteiger partial charge on any atom is 0.329 e. The Hall–Kier alpha value is -2.25. The van der Waals surface area contributed by atoms with Gasteiger partial charge in [0.2, 0.25) is 5.91 Å². The van der Waals surface area contributed by atoms with Gasteiger partial charge in [-0.3, -0.25) is 14.5 Å². The molecule has 0 fully saturated rings. The first-order valence-corrected chi connectivity index (χ1v) is 7.48. The van der Waals surface area contributed by atoms with Crippen LogP contribution in [0.3, 0.4) is 0 Å². The molecule has 2 amide bonds. The highest BCUT2D eigenvalue weighted by Gasteiger charge is 2.34. The first-order chi connectivity index (χ1) is 11.0. The molecule has 4 N–H and O–H groups in total. The van der Waals surface area contributed by atoms with Gasteiger partial charge < -0.3 is 15.9 Å². The van der Waals surface area contributed by atoms with Crippen LogP contribution in [-0.4, -0.2) is 52.1 Å². The van der Waals surface area contributed by atoms with E-state index in [9.17, 15) is 24.6 Å². The number of unbranched alkanes of at least 4 members (excludes halogenated alkanes) is 2. The molecular weight excluding hydrogens is 300 g/mol. The number of aliphatic hydroxyl groups excluding tert-OH is 1. The van der Waals surface area contributed by atoms with Crippen LogP contribution in [0.4, 0.5) is 0 Å². The van der Waals surface area contributed by atoms with Crippen LogP contribution in [0.15, 0.2) is 30.3 Å². The van der Waals surface area contributed by atoms with E-state index in [2.05, 4.69) is 0 Å². The van der Waals surface area contributed by atoms with Crippen molar-refractivity contribution in [3.8, 4) is 0 Å². The lowest BCUT2D eigenvalue weighted by Gasteiger charge is -2.26. The van der Waals surface area contributed by atoms with Crippen LogP contribution in [0.25, 0.3) is 0 Å². The van der Waals surface area contributed by atoms with Crippen LogP contribution >= 0.6 is 0 Å². The highest BCUT2D eigenvalue weighted by molar-refractivity contribution is 6.07. The molecule has 126 valence electrons. The Kier molecular flexibility index (Phi) is 7.93. The summed E-state index contributed by atoms with van der Waals surface area (Å²) in [7, 11) is 0. The zero-order valence-electron chi connectivity index (χ0n) is 12.9. The number of carboxylic acid groups (broad SMARTS) is 1. The molecule has 1 unspecified atom stereocenters. The summed E-state index contributed by atoms with van der Waals surface area (Å²) in [5, 5.41) is 18.5. The molecule has 0 aliphatic carbocycles. The van der Waals surface area contributed by atoms with Crippen LogP contribution in [-0.2, 0) is 9.59 Å². The summed E-state index contributed by atoms with van der Waals surface area (Å²) in [4.78, 5) is 36.7. The smallest absolute Gasteiger partial charge is 0.329 e. The van der Waals surface area contributed by atoms with Crippen molar-refractivity contribution in [2.75, 3.05) is 13.2 Å². The Morgan fingerprint density at radius 2 is 1.74 bits per heavy atom. The standard InChI is InChI=1S/C16H22N2O5/c17-10-6-2-5-9-14(20)18(13(11-19)16(22)23)15(21)12-7-3-1-4-8-12/h1,3-4,7-8,13,19H,2,5-6,9-11,17H2,(H,22,23). The number of aliphatic carboxylic acids is 1. The zero-order valence-corrected chi connectivity index (χ0v) is 12.9. The number of aliphatic hydroxyl groups is 1. The second kappa shape index (κ2) is 9.70. The molecule has 0 heterocycles. The molecule has 0 aliphatic heterocycles. The van der Waals surface area contributed by atoms with Crippen LogP contribution in [0.1, 0.15) is 36.0 Å². The molecule has 1 atom stereocenters. The number of amides is 2. The number of carbonyl (C=O) groups is 3.